The number of nitrogen functional groups attached to an aromatic ring is 1. The van der Waals surface area contributed by atoms with Gasteiger partial charge < -0.3 is 10.6 Å². The molecule has 0 unspecified atom stereocenters. The minimum atomic E-state index is 0.00693. The van der Waals surface area contributed by atoms with Crippen LogP contribution in [0, 0.1) is 0 Å². The molecule has 2 N–H and O–H groups in total. The highest BCUT2D eigenvalue weighted by Crippen LogP contribution is 2.18. The van der Waals surface area contributed by atoms with Crippen molar-refractivity contribution in [2.24, 2.45) is 0 Å². The zero-order valence-corrected chi connectivity index (χ0v) is 10.3. The van der Waals surface area contributed by atoms with Gasteiger partial charge in [0, 0.05) is 20.2 Å². The van der Waals surface area contributed by atoms with Crippen LogP contribution in [-0.4, -0.2) is 50.2 Å². The van der Waals surface area contributed by atoms with E-state index in [1.165, 1.54) is 23.0 Å². The fourth-order valence-corrected chi connectivity index (χ4v) is 2.11. The van der Waals surface area contributed by atoms with E-state index in [0.717, 1.165) is 0 Å². The highest BCUT2D eigenvalue weighted by atomic mass is 32.2. The van der Waals surface area contributed by atoms with E-state index in [4.69, 9.17) is 5.73 Å². The molecule has 0 saturated heterocycles. The lowest BCUT2D eigenvalue weighted by Crippen LogP contribution is -2.23. The van der Waals surface area contributed by atoms with Gasteiger partial charge in [-0.05, 0) is 0 Å². The Morgan fingerprint density at radius 3 is 3.06 bits per heavy atom. The number of hydrogen-bond donors (Lipinski definition) is 1. The van der Waals surface area contributed by atoms with E-state index < -0.39 is 0 Å². The van der Waals surface area contributed by atoms with Gasteiger partial charge in [-0.1, -0.05) is 11.8 Å². The highest BCUT2D eigenvalue weighted by Gasteiger charge is 2.10. The summed E-state index contributed by atoms with van der Waals surface area (Å²) in [7, 11) is 3.42. The van der Waals surface area contributed by atoms with Gasteiger partial charge in [0.15, 0.2) is 10.8 Å². The number of amides is 1. The number of nitrogens with two attached hydrogens (primary N) is 1. The van der Waals surface area contributed by atoms with Crippen LogP contribution in [0.25, 0.3) is 5.65 Å². The van der Waals surface area contributed by atoms with Gasteiger partial charge in [-0.3, -0.25) is 4.79 Å². The number of fused-ring (bicyclic) bond motifs is 1. The molecule has 0 atom stereocenters. The Bertz CT molecular complexity index is 551. The zero-order valence-electron chi connectivity index (χ0n) is 9.49. The van der Waals surface area contributed by atoms with Crippen molar-refractivity contribution in [2.75, 3.05) is 25.6 Å². The molecule has 2 aromatic rings. The van der Waals surface area contributed by atoms with Crippen LogP contribution in [0.3, 0.4) is 0 Å². The van der Waals surface area contributed by atoms with E-state index in [0.29, 0.717) is 22.4 Å². The van der Waals surface area contributed by atoms with Gasteiger partial charge in [0.25, 0.3) is 0 Å². The van der Waals surface area contributed by atoms with Gasteiger partial charge in [-0.2, -0.15) is 9.61 Å². The second-order valence-electron chi connectivity index (χ2n) is 3.57. The van der Waals surface area contributed by atoms with Crippen LogP contribution in [0.1, 0.15) is 0 Å². The third-order valence-corrected chi connectivity index (χ3v) is 2.99. The van der Waals surface area contributed by atoms with E-state index in [2.05, 4.69) is 15.1 Å². The molecule has 1 amide bonds. The molecule has 0 fully saturated rings. The van der Waals surface area contributed by atoms with E-state index in [1.54, 1.807) is 24.7 Å². The first-order chi connectivity index (χ1) is 8.08. The van der Waals surface area contributed by atoms with Crippen LogP contribution in [0.15, 0.2) is 17.6 Å². The number of thioether (sulfide) groups is 1. The predicted molar refractivity (Wildman–Crippen MR) is 64.6 cm³/mol. The number of carbonyl (C=O) groups excluding carboxylic acids is 1. The highest BCUT2D eigenvalue weighted by molar-refractivity contribution is 7.99. The van der Waals surface area contributed by atoms with Crippen LogP contribution < -0.4 is 5.73 Å². The molecule has 0 radical (unpaired) electrons. The maximum absolute atomic E-state index is 11.5. The average molecular weight is 252 g/mol. The van der Waals surface area contributed by atoms with Crippen molar-refractivity contribution in [2.45, 2.75) is 5.16 Å². The molecule has 7 nitrogen and oxygen atoms in total. The lowest BCUT2D eigenvalue weighted by atomic mass is 10.6. The zero-order chi connectivity index (χ0) is 12.4. The molecule has 0 bridgehead atoms. The molecular formula is C9H12N6OS. The molecule has 90 valence electrons. The first-order valence-corrected chi connectivity index (χ1v) is 5.85. The second-order valence-corrected chi connectivity index (χ2v) is 4.51. The van der Waals surface area contributed by atoms with Crippen LogP contribution in [-0.2, 0) is 4.79 Å². The van der Waals surface area contributed by atoms with Crippen molar-refractivity contribution in [1.82, 2.24) is 24.5 Å². The fraction of sp³-hybridized carbons (Fsp3) is 0.333. The topological polar surface area (TPSA) is 89.4 Å². The van der Waals surface area contributed by atoms with Crippen molar-refractivity contribution >= 4 is 29.1 Å². The van der Waals surface area contributed by atoms with Gasteiger partial charge in [0.2, 0.25) is 5.91 Å². The SMILES string of the molecule is CN(C)C(=O)CSc1nc(N)cc2ncnn12. The number of carbonyl (C=O) groups is 1. The van der Waals surface area contributed by atoms with E-state index >= 15 is 0 Å². The van der Waals surface area contributed by atoms with Crippen LogP contribution in [0.5, 0.6) is 0 Å². The van der Waals surface area contributed by atoms with Crippen molar-refractivity contribution < 1.29 is 4.79 Å². The standard InChI is InChI=1S/C9H12N6OS/c1-14(2)8(16)4-17-9-13-6(10)3-7-11-5-12-15(7)9/h3,5H,4,10H2,1-2H3. The van der Waals surface area contributed by atoms with Crippen molar-refractivity contribution in [3.05, 3.63) is 12.4 Å². The molecule has 2 rings (SSSR count). The molecule has 0 aliphatic carbocycles. The monoisotopic (exact) mass is 252 g/mol. The van der Waals surface area contributed by atoms with Crippen molar-refractivity contribution in [3.8, 4) is 0 Å². The average Bonchev–Trinajstić information content (AvgIpc) is 2.72. The number of aromatic nitrogens is 4. The first-order valence-electron chi connectivity index (χ1n) is 4.87. The fourth-order valence-electron chi connectivity index (χ4n) is 1.17. The van der Waals surface area contributed by atoms with Gasteiger partial charge in [0.1, 0.15) is 12.1 Å². The van der Waals surface area contributed by atoms with Gasteiger partial charge in [0.05, 0.1) is 5.75 Å². The molecule has 2 heterocycles. The molecule has 17 heavy (non-hydrogen) atoms. The number of anilines is 1. The molecule has 0 aromatic carbocycles. The molecular weight excluding hydrogens is 240 g/mol. The lowest BCUT2D eigenvalue weighted by molar-refractivity contribution is -0.125. The predicted octanol–water partition coefficient (Wildman–Crippen LogP) is -0.113. The summed E-state index contributed by atoms with van der Waals surface area (Å²) in [6.07, 6.45) is 1.42. The van der Waals surface area contributed by atoms with E-state index in [-0.39, 0.29) is 5.91 Å². The molecule has 0 aliphatic rings. The molecule has 0 spiro atoms. The summed E-state index contributed by atoms with van der Waals surface area (Å²) in [5.74, 6) is 0.663. The number of nitrogens with zero attached hydrogens (tertiary/aromatic N) is 5. The Morgan fingerprint density at radius 2 is 2.35 bits per heavy atom. The summed E-state index contributed by atoms with van der Waals surface area (Å²) in [6, 6.07) is 1.63. The Balaban J connectivity index is 2.23. The Hall–Kier alpha value is -1.83. The van der Waals surface area contributed by atoms with Gasteiger partial charge >= 0.3 is 0 Å². The largest absolute Gasteiger partial charge is 0.383 e. The Morgan fingerprint density at radius 1 is 1.59 bits per heavy atom. The smallest absolute Gasteiger partial charge is 0.232 e. The third-order valence-electron chi connectivity index (χ3n) is 2.08. The Kier molecular flexibility index (Phi) is 3.14. The summed E-state index contributed by atoms with van der Waals surface area (Å²) in [4.78, 5) is 21.2. The van der Waals surface area contributed by atoms with Crippen molar-refractivity contribution in [1.29, 1.82) is 0 Å². The molecule has 2 aromatic heterocycles. The van der Waals surface area contributed by atoms with Crippen LogP contribution in [0.2, 0.25) is 0 Å². The van der Waals surface area contributed by atoms with Crippen molar-refractivity contribution in [3.63, 3.8) is 0 Å². The molecule has 0 aliphatic heterocycles. The lowest BCUT2D eigenvalue weighted by Gasteiger charge is -2.09. The summed E-state index contributed by atoms with van der Waals surface area (Å²) >= 11 is 1.28. The maximum Gasteiger partial charge on any atom is 0.232 e. The minimum absolute atomic E-state index is 0.00693. The molecule has 0 saturated carbocycles. The maximum atomic E-state index is 11.5. The van der Waals surface area contributed by atoms with Gasteiger partial charge in [-0.15, -0.1) is 0 Å². The first kappa shape index (κ1) is 11.6. The summed E-state index contributed by atoms with van der Waals surface area (Å²) < 4.78 is 1.56. The van der Waals surface area contributed by atoms with E-state index in [1.807, 2.05) is 0 Å². The second kappa shape index (κ2) is 4.58. The third kappa shape index (κ3) is 2.47. The van der Waals surface area contributed by atoms with Crippen LogP contribution in [0.4, 0.5) is 5.82 Å². The number of rotatable bonds is 3. The van der Waals surface area contributed by atoms with Crippen LogP contribution >= 0.6 is 11.8 Å². The normalized spacial score (nSPS) is 10.7. The summed E-state index contributed by atoms with van der Waals surface area (Å²) in [6.45, 7) is 0. The minimum Gasteiger partial charge on any atom is -0.383 e. The Labute approximate surface area is 102 Å². The summed E-state index contributed by atoms with van der Waals surface area (Å²) in [5, 5.41) is 4.59. The quantitative estimate of drug-likeness (QED) is 0.605. The molecule has 8 heteroatoms. The van der Waals surface area contributed by atoms with Gasteiger partial charge in [-0.25, -0.2) is 9.97 Å². The van der Waals surface area contributed by atoms with E-state index in [9.17, 15) is 4.79 Å². The summed E-state index contributed by atoms with van der Waals surface area (Å²) in [5.41, 5.74) is 6.27. The number of hydrogen-bond acceptors (Lipinski definition) is 6.